The lowest BCUT2D eigenvalue weighted by atomic mass is 9.96. The van der Waals surface area contributed by atoms with Gasteiger partial charge in [0.15, 0.2) is 0 Å². The van der Waals surface area contributed by atoms with Gasteiger partial charge in [0.1, 0.15) is 0 Å². The lowest BCUT2D eigenvalue weighted by molar-refractivity contribution is -0.422. The average Bonchev–Trinajstić information content (AvgIpc) is 2.29. The smallest absolute Gasteiger partial charge is 0.258 e. The molecule has 0 spiro atoms. The van der Waals surface area contributed by atoms with Gasteiger partial charge in [0.25, 0.3) is 0 Å². The maximum absolute atomic E-state index is 10.9. The standard InChI is InChI=1S/C12H16N2O4/c1-4-5-6-10-7-11(13(15)16)12(14(17)18)9(3)8(10)2/h7H,4-6H2,1-3H3. The molecule has 18 heavy (non-hydrogen) atoms. The molecule has 0 heterocycles. The Morgan fingerprint density at radius 3 is 2.17 bits per heavy atom. The number of aryl methyl sites for hydroxylation is 1. The zero-order valence-corrected chi connectivity index (χ0v) is 10.7. The molecule has 0 N–H and O–H groups in total. The van der Waals surface area contributed by atoms with E-state index in [4.69, 9.17) is 0 Å². The predicted molar refractivity (Wildman–Crippen MR) is 67.8 cm³/mol. The van der Waals surface area contributed by atoms with Crippen LogP contribution in [0.2, 0.25) is 0 Å². The van der Waals surface area contributed by atoms with Crippen molar-refractivity contribution in [2.45, 2.75) is 40.0 Å². The van der Waals surface area contributed by atoms with E-state index >= 15 is 0 Å². The monoisotopic (exact) mass is 252 g/mol. The molecule has 0 aliphatic carbocycles. The number of nitro groups is 2. The Morgan fingerprint density at radius 2 is 1.72 bits per heavy atom. The number of unbranched alkanes of at least 4 members (excludes halogenated alkanes) is 1. The first-order chi connectivity index (χ1) is 8.40. The molecule has 98 valence electrons. The van der Waals surface area contributed by atoms with E-state index in [2.05, 4.69) is 0 Å². The number of nitro benzene ring substituents is 2. The highest BCUT2D eigenvalue weighted by molar-refractivity contribution is 5.62. The number of benzene rings is 1. The van der Waals surface area contributed by atoms with E-state index in [1.54, 1.807) is 13.8 Å². The molecule has 0 bridgehead atoms. The third-order valence-corrected chi connectivity index (χ3v) is 3.13. The molecule has 0 radical (unpaired) electrons. The molecule has 1 aromatic rings. The Hall–Kier alpha value is -1.98. The largest absolute Gasteiger partial charge is 0.349 e. The molecule has 6 nitrogen and oxygen atoms in total. The summed E-state index contributed by atoms with van der Waals surface area (Å²) in [7, 11) is 0. The van der Waals surface area contributed by atoms with Crippen molar-refractivity contribution in [2.24, 2.45) is 0 Å². The zero-order valence-electron chi connectivity index (χ0n) is 10.7. The number of hydrogen-bond acceptors (Lipinski definition) is 4. The van der Waals surface area contributed by atoms with Crippen LogP contribution in [0.5, 0.6) is 0 Å². The maximum atomic E-state index is 10.9. The molecule has 0 saturated carbocycles. The van der Waals surface area contributed by atoms with Crippen LogP contribution >= 0.6 is 0 Å². The molecule has 1 rings (SSSR count). The molecule has 0 aromatic heterocycles. The van der Waals surface area contributed by atoms with E-state index in [1.807, 2.05) is 6.92 Å². The van der Waals surface area contributed by atoms with Crippen LogP contribution in [-0.2, 0) is 6.42 Å². The Kier molecular flexibility index (Phi) is 4.36. The summed E-state index contributed by atoms with van der Waals surface area (Å²) in [5.74, 6) is 0. The lowest BCUT2D eigenvalue weighted by Gasteiger charge is -2.09. The van der Waals surface area contributed by atoms with Gasteiger partial charge < -0.3 is 0 Å². The Balaban J connectivity index is 3.43. The van der Waals surface area contributed by atoms with Crippen LogP contribution in [0.15, 0.2) is 6.07 Å². The van der Waals surface area contributed by atoms with Crippen LogP contribution in [0.1, 0.15) is 36.5 Å². The fraction of sp³-hybridized carbons (Fsp3) is 0.500. The summed E-state index contributed by atoms with van der Waals surface area (Å²) in [6, 6.07) is 1.34. The first-order valence-electron chi connectivity index (χ1n) is 5.82. The van der Waals surface area contributed by atoms with Gasteiger partial charge in [-0.15, -0.1) is 0 Å². The molecular weight excluding hydrogens is 236 g/mol. The van der Waals surface area contributed by atoms with Gasteiger partial charge in [-0.3, -0.25) is 20.2 Å². The zero-order chi connectivity index (χ0) is 13.9. The number of rotatable bonds is 5. The number of nitrogens with zero attached hydrogens (tertiary/aromatic N) is 2. The van der Waals surface area contributed by atoms with E-state index in [-0.39, 0.29) is 0 Å². The highest BCUT2D eigenvalue weighted by Gasteiger charge is 2.29. The molecule has 0 fully saturated rings. The normalized spacial score (nSPS) is 10.4. The van der Waals surface area contributed by atoms with Crippen LogP contribution in [0, 0.1) is 34.1 Å². The van der Waals surface area contributed by atoms with Crippen molar-refractivity contribution in [3.8, 4) is 0 Å². The van der Waals surface area contributed by atoms with Crippen molar-refractivity contribution in [1.82, 2.24) is 0 Å². The minimum Gasteiger partial charge on any atom is -0.258 e. The topological polar surface area (TPSA) is 86.3 Å². The fourth-order valence-corrected chi connectivity index (χ4v) is 1.95. The van der Waals surface area contributed by atoms with E-state index in [9.17, 15) is 20.2 Å². The van der Waals surface area contributed by atoms with Crippen molar-refractivity contribution in [1.29, 1.82) is 0 Å². The summed E-state index contributed by atoms with van der Waals surface area (Å²) in [5, 5.41) is 21.8. The fourth-order valence-electron chi connectivity index (χ4n) is 1.95. The van der Waals surface area contributed by atoms with E-state index in [1.165, 1.54) is 6.07 Å². The minimum atomic E-state index is -0.681. The summed E-state index contributed by atoms with van der Waals surface area (Å²) < 4.78 is 0. The van der Waals surface area contributed by atoms with Crippen molar-refractivity contribution < 1.29 is 9.85 Å². The first-order valence-corrected chi connectivity index (χ1v) is 5.82. The van der Waals surface area contributed by atoms with Crippen molar-refractivity contribution in [3.05, 3.63) is 43.0 Å². The van der Waals surface area contributed by atoms with Crippen molar-refractivity contribution >= 4 is 11.4 Å². The Labute approximate surface area is 105 Å². The lowest BCUT2D eigenvalue weighted by Crippen LogP contribution is -2.03. The molecular formula is C12H16N2O4. The van der Waals surface area contributed by atoms with E-state index < -0.39 is 21.2 Å². The van der Waals surface area contributed by atoms with Crippen LogP contribution in [-0.4, -0.2) is 9.85 Å². The minimum absolute atomic E-state index is 0.389. The van der Waals surface area contributed by atoms with Crippen LogP contribution < -0.4 is 0 Å². The molecule has 6 heteroatoms. The van der Waals surface area contributed by atoms with Crippen LogP contribution in [0.25, 0.3) is 0 Å². The van der Waals surface area contributed by atoms with E-state index in [0.29, 0.717) is 12.0 Å². The Morgan fingerprint density at radius 1 is 1.11 bits per heavy atom. The van der Waals surface area contributed by atoms with Gasteiger partial charge in [0.05, 0.1) is 9.85 Å². The third-order valence-electron chi connectivity index (χ3n) is 3.13. The molecule has 0 saturated heterocycles. The van der Waals surface area contributed by atoms with Crippen molar-refractivity contribution in [2.75, 3.05) is 0 Å². The molecule has 0 unspecified atom stereocenters. The second kappa shape index (κ2) is 5.57. The predicted octanol–water partition coefficient (Wildman–Crippen LogP) is 3.46. The van der Waals surface area contributed by atoms with Crippen LogP contribution in [0.3, 0.4) is 0 Å². The van der Waals surface area contributed by atoms with Gasteiger partial charge >= 0.3 is 11.4 Å². The summed E-state index contributed by atoms with van der Waals surface area (Å²) in [6.45, 7) is 5.37. The van der Waals surface area contributed by atoms with Gasteiger partial charge in [0, 0.05) is 11.6 Å². The molecule has 0 atom stereocenters. The molecule has 1 aromatic carbocycles. The first kappa shape index (κ1) is 14.1. The maximum Gasteiger partial charge on any atom is 0.349 e. The molecule has 0 aliphatic rings. The van der Waals surface area contributed by atoms with Gasteiger partial charge in [-0.25, -0.2) is 0 Å². The van der Waals surface area contributed by atoms with Gasteiger partial charge in [-0.1, -0.05) is 13.3 Å². The Bertz CT molecular complexity index is 497. The summed E-state index contributed by atoms with van der Waals surface area (Å²) in [5.41, 5.74) is 1.19. The molecule has 0 amide bonds. The summed E-state index contributed by atoms with van der Waals surface area (Å²) in [4.78, 5) is 20.5. The van der Waals surface area contributed by atoms with Crippen LogP contribution in [0.4, 0.5) is 11.4 Å². The quantitative estimate of drug-likeness (QED) is 0.593. The highest BCUT2D eigenvalue weighted by Crippen LogP contribution is 2.35. The second-order valence-electron chi connectivity index (χ2n) is 4.27. The van der Waals surface area contributed by atoms with Crippen molar-refractivity contribution in [3.63, 3.8) is 0 Å². The highest BCUT2D eigenvalue weighted by atomic mass is 16.6. The SMILES string of the molecule is CCCCc1cc([N+](=O)[O-])c([N+](=O)[O-])c(C)c1C. The van der Waals surface area contributed by atoms with Gasteiger partial charge in [0.2, 0.25) is 0 Å². The number of hydrogen-bond donors (Lipinski definition) is 0. The summed E-state index contributed by atoms with van der Waals surface area (Å²) >= 11 is 0. The van der Waals surface area contributed by atoms with Gasteiger partial charge in [-0.05, 0) is 37.8 Å². The van der Waals surface area contributed by atoms with Gasteiger partial charge in [-0.2, -0.15) is 0 Å². The summed E-state index contributed by atoms with van der Waals surface area (Å²) in [6.07, 6.45) is 2.60. The second-order valence-corrected chi connectivity index (χ2v) is 4.27. The third kappa shape index (κ3) is 2.64. The molecule has 0 aliphatic heterocycles. The van der Waals surface area contributed by atoms with E-state index in [0.717, 1.165) is 24.0 Å². The average molecular weight is 252 g/mol.